The predicted octanol–water partition coefficient (Wildman–Crippen LogP) is 2.75. The lowest BCUT2D eigenvalue weighted by atomic mass is 10.2. The molecule has 1 aromatic carbocycles. The number of anilines is 1. The zero-order valence-electron chi connectivity index (χ0n) is 14.6. The molecule has 0 amide bonds. The Kier molecular flexibility index (Phi) is 9.75. The molecule has 0 saturated heterocycles. The number of tetrazole rings is 1. The molecule has 0 aliphatic rings. The molecule has 1 aromatic heterocycles. The van der Waals surface area contributed by atoms with Gasteiger partial charge >= 0.3 is 0 Å². The Morgan fingerprint density at radius 1 is 1.17 bits per heavy atom. The summed E-state index contributed by atoms with van der Waals surface area (Å²) < 4.78 is 1.70. The van der Waals surface area contributed by atoms with Crippen molar-refractivity contribution in [2.24, 2.45) is 7.05 Å². The first kappa shape index (κ1) is 20.7. The molecule has 1 N–H and O–H groups in total. The maximum atomic E-state index is 3.96. The van der Waals surface area contributed by atoms with Crippen LogP contribution < -0.4 is 10.2 Å². The van der Waals surface area contributed by atoms with Gasteiger partial charge in [-0.3, -0.25) is 0 Å². The molecule has 0 fully saturated rings. The topological polar surface area (TPSA) is 58.9 Å². The lowest BCUT2D eigenvalue weighted by Crippen LogP contribution is -2.21. The Balaban J connectivity index is 0.00000288. The summed E-state index contributed by atoms with van der Waals surface area (Å²) in [5, 5.41) is 15.8. The summed E-state index contributed by atoms with van der Waals surface area (Å²) in [6, 6.07) is 8.84. The third kappa shape index (κ3) is 6.30. The van der Waals surface area contributed by atoms with Crippen molar-refractivity contribution >= 4 is 29.9 Å². The highest BCUT2D eigenvalue weighted by Gasteiger charge is 2.03. The number of hydrogen-bond donors (Lipinski definition) is 1. The summed E-state index contributed by atoms with van der Waals surface area (Å²) in [4.78, 5) is 2.36. The van der Waals surface area contributed by atoms with E-state index in [9.17, 15) is 0 Å². The summed E-state index contributed by atoms with van der Waals surface area (Å²) >= 11 is 1.69. The number of rotatable bonds is 10. The van der Waals surface area contributed by atoms with E-state index in [1.54, 1.807) is 16.4 Å². The molecule has 1 heterocycles. The summed E-state index contributed by atoms with van der Waals surface area (Å²) in [5.74, 6) is 1.02. The highest BCUT2D eigenvalue weighted by Crippen LogP contribution is 2.15. The monoisotopic (exact) mass is 370 g/mol. The molecule has 2 aromatic rings. The number of thioether (sulfide) groups is 1. The van der Waals surface area contributed by atoms with E-state index in [1.165, 1.54) is 11.3 Å². The van der Waals surface area contributed by atoms with E-state index in [0.717, 1.165) is 43.5 Å². The molecule has 24 heavy (non-hydrogen) atoms. The second kappa shape index (κ2) is 11.3. The number of hydrogen-bond acceptors (Lipinski definition) is 6. The van der Waals surface area contributed by atoms with Crippen molar-refractivity contribution in [2.45, 2.75) is 32.0 Å². The van der Waals surface area contributed by atoms with Crippen LogP contribution in [0, 0.1) is 0 Å². The largest absolute Gasteiger partial charge is 0.372 e. The van der Waals surface area contributed by atoms with Gasteiger partial charge in [-0.1, -0.05) is 23.9 Å². The van der Waals surface area contributed by atoms with Crippen molar-refractivity contribution in [3.63, 3.8) is 0 Å². The van der Waals surface area contributed by atoms with Gasteiger partial charge < -0.3 is 10.2 Å². The maximum absolute atomic E-state index is 3.96. The molecule has 0 unspecified atom stereocenters. The first-order valence-corrected chi connectivity index (χ1v) is 9.13. The number of aryl methyl sites for hydroxylation is 1. The molecule has 6 nitrogen and oxygen atoms in total. The van der Waals surface area contributed by atoms with E-state index in [0.29, 0.717) is 0 Å². The number of nitrogens with zero attached hydrogens (tertiary/aromatic N) is 5. The fourth-order valence-electron chi connectivity index (χ4n) is 2.35. The van der Waals surface area contributed by atoms with E-state index in [4.69, 9.17) is 0 Å². The van der Waals surface area contributed by atoms with Crippen LogP contribution in [0.1, 0.15) is 25.8 Å². The number of aromatic nitrogens is 4. The number of halogens is 1. The fraction of sp³-hybridized carbons (Fsp3) is 0.562. The summed E-state index contributed by atoms with van der Waals surface area (Å²) in [6.07, 6.45) is 1.09. The normalized spacial score (nSPS) is 10.5. The van der Waals surface area contributed by atoms with Gasteiger partial charge in [0, 0.05) is 38.1 Å². The first-order chi connectivity index (χ1) is 11.2. The fourth-order valence-corrected chi connectivity index (χ4v) is 3.14. The molecule has 0 saturated carbocycles. The summed E-state index contributed by atoms with van der Waals surface area (Å²) in [7, 11) is 1.86. The third-order valence-electron chi connectivity index (χ3n) is 3.70. The average Bonchev–Trinajstić information content (AvgIpc) is 2.98. The predicted molar refractivity (Wildman–Crippen MR) is 103 cm³/mol. The average molecular weight is 371 g/mol. The Hall–Kier alpha value is -1.31. The van der Waals surface area contributed by atoms with Crippen LogP contribution in [-0.2, 0) is 13.6 Å². The van der Waals surface area contributed by atoms with Crippen LogP contribution in [0.3, 0.4) is 0 Å². The molecule has 0 spiro atoms. The summed E-state index contributed by atoms with van der Waals surface area (Å²) in [5.41, 5.74) is 2.62. The van der Waals surface area contributed by atoms with Gasteiger partial charge in [0.15, 0.2) is 0 Å². The van der Waals surface area contributed by atoms with Gasteiger partial charge in [-0.25, -0.2) is 4.68 Å². The zero-order valence-corrected chi connectivity index (χ0v) is 16.2. The Morgan fingerprint density at radius 3 is 2.46 bits per heavy atom. The van der Waals surface area contributed by atoms with Gasteiger partial charge in [0.05, 0.1) is 0 Å². The van der Waals surface area contributed by atoms with Crippen molar-refractivity contribution in [2.75, 3.05) is 30.3 Å². The Bertz CT molecular complexity index is 570. The zero-order chi connectivity index (χ0) is 16.5. The minimum atomic E-state index is 0. The SMILES string of the molecule is CCN(CC)c1ccc(CNCCCSc2nnnn2C)cc1.Cl. The van der Waals surface area contributed by atoms with Crippen LogP contribution >= 0.6 is 24.2 Å². The number of benzene rings is 1. The number of nitrogens with one attached hydrogen (secondary N) is 1. The standard InChI is InChI=1S/C16H26N6S.ClH/c1-4-22(5-2)15-9-7-14(8-10-15)13-17-11-6-12-23-16-18-19-20-21(16)3;/h7-10,17H,4-6,11-13H2,1-3H3;1H. The molecular formula is C16H27ClN6S. The van der Waals surface area contributed by atoms with Gasteiger partial charge in [0.2, 0.25) is 5.16 Å². The summed E-state index contributed by atoms with van der Waals surface area (Å²) in [6.45, 7) is 8.38. The van der Waals surface area contributed by atoms with E-state index in [-0.39, 0.29) is 12.4 Å². The molecule has 0 aliphatic carbocycles. The Morgan fingerprint density at radius 2 is 1.88 bits per heavy atom. The van der Waals surface area contributed by atoms with Crippen molar-refractivity contribution in [3.8, 4) is 0 Å². The minimum Gasteiger partial charge on any atom is -0.372 e. The van der Waals surface area contributed by atoms with E-state index < -0.39 is 0 Å². The second-order valence-corrected chi connectivity index (χ2v) is 6.36. The van der Waals surface area contributed by atoms with Gasteiger partial charge in [0.1, 0.15) is 0 Å². The third-order valence-corrected chi connectivity index (χ3v) is 4.80. The highest BCUT2D eigenvalue weighted by atomic mass is 35.5. The molecule has 134 valence electrons. The molecule has 0 radical (unpaired) electrons. The first-order valence-electron chi connectivity index (χ1n) is 8.14. The van der Waals surface area contributed by atoms with Crippen LogP contribution in [0.5, 0.6) is 0 Å². The lowest BCUT2D eigenvalue weighted by Gasteiger charge is -2.21. The quantitative estimate of drug-likeness (QED) is 0.512. The Labute approximate surface area is 154 Å². The molecule has 0 atom stereocenters. The smallest absolute Gasteiger partial charge is 0.209 e. The van der Waals surface area contributed by atoms with Crippen LogP contribution in [0.4, 0.5) is 5.69 Å². The van der Waals surface area contributed by atoms with Gasteiger partial charge in [-0.15, -0.1) is 17.5 Å². The van der Waals surface area contributed by atoms with Gasteiger partial charge in [-0.2, -0.15) is 0 Å². The van der Waals surface area contributed by atoms with Crippen LogP contribution in [0.25, 0.3) is 0 Å². The van der Waals surface area contributed by atoms with Crippen molar-refractivity contribution < 1.29 is 0 Å². The van der Waals surface area contributed by atoms with Gasteiger partial charge in [-0.05, 0) is 54.9 Å². The van der Waals surface area contributed by atoms with E-state index >= 15 is 0 Å². The van der Waals surface area contributed by atoms with Crippen molar-refractivity contribution in [1.29, 1.82) is 0 Å². The van der Waals surface area contributed by atoms with Crippen molar-refractivity contribution in [1.82, 2.24) is 25.5 Å². The van der Waals surface area contributed by atoms with E-state index in [1.807, 2.05) is 7.05 Å². The highest BCUT2D eigenvalue weighted by molar-refractivity contribution is 7.99. The van der Waals surface area contributed by atoms with Crippen LogP contribution in [0.15, 0.2) is 29.4 Å². The maximum Gasteiger partial charge on any atom is 0.209 e. The van der Waals surface area contributed by atoms with Crippen LogP contribution in [-0.4, -0.2) is 45.6 Å². The van der Waals surface area contributed by atoms with Gasteiger partial charge in [0.25, 0.3) is 0 Å². The van der Waals surface area contributed by atoms with E-state index in [2.05, 4.69) is 63.9 Å². The molecule has 0 bridgehead atoms. The van der Waals surface area contributed by atoms with Crippen molar-refractivity contribution in [3.05, 3.63) is 29.8 Å². The molecule has 0 aliphatic heterocycles. The molecule has 2 rings (SSSR count). The molecule has 8 heteroatoms. The molecular weight excluding hydrogens is 344 g/mol. The minimum absolute atomic E-state index is 0. The second-order valence-electron chi connectivity index (χ2n) is 5.30. The lowest BCUT2D eigenvalue weighted by molar-refractivity contribution is 0.661. The van der Waals surface area contributed by atoms with Crippen LogP contribution in [0.2, 0.25) is 0 Å².